The van der Waals surface area contributed by atoms with Gasteiger partial charge in [0.25, 0.3) is 0 Å². The highest BCUT2D eigenvalue weighted by Gasteiger charge is 2.40. The molecule has 0 unspecified atom stereocenters. The number of aromatic nitrogens is 1. The molecule has 0 bridgehead atoms. The molecule has 1 amide bonds. The summed E-state index contributed by atoms with van der Waals surface area (Å²) in [6.45, 7) is 0.187. The number of sulfonamides is 1. The third-order valence-corrected chi connectivity index (χ3v) is 6.47. The number of anilines is 1. The van der Waals surface area contributed by atoms with E-state index in [-0.39, 0.29) is 17.1 Å². The van der Waals surface area contributed by atoms with E-state index >= 15 is 0 Å². The Morgan fingerprint density at radius 3 is 2.57 bits per heavy atom. The maximum absolute atomic E-state index is 13.1. The molecule has 1 aromatic carbocycles. The second kappa shape index (κ2) is 7.72. The SMILES string of the molecule is COC(=O)c1cc(S(=O)(=O)N2CCC[C@H]2C(=O)Nc2ccc(F)cc2)cn1C. The van der Waals surface area contributed by atoms with E-state index < -0.39 is 33.8 Å². The zero-order valence-electron chi connectivity index (χ0n) is 15.4. The van der Waals surface area contributed by atoms with Gasteiger partial charge in [0.05, 0.1) is 7.11 Å². The number of halogens is 1. The van der Waals surface area contributed by atoms with Gasteiger partial charge in [0, 0.05) is 25.5 Å². The normalized spacial score (nSPS) is 17.5. The number of nitrogens with one attached hydrogen (secondary N) is 1. The van der Waals surface area contributed by atoms with Crippen molar-refractivity contribution in [3.05, 3.63) is 48.0 Å². The van der Waals surface area contributed by atoms with Gasteiger partial charge in [-0.1, -0.05) is 0 Å². The third-order valence-electron chi connectivity index (χ3n) is 4.60. The molecule has 2 aromatic rings. The molecule has 28 heavy (non-hydrogen) atoms. The van der Waals surface area contributed by atoms with Gasteiger partial charge in [0.1, 0.15) is 22.4 Å². The fourth-order valence-corrected chi connectivity index (χ4v) is 4.90. The van der Waals surface area contributed by atoms with Gasteiger partial charge in [-0.2, -0.15) is 4.31 Å². The second-order valence-corrected chi connectivity index (χ2v) is 8.32. The van der Waals surface area contributed by atoms with Crippen molar-refractivity contribution in [2.45, 2.75) is 23.8 Å². The summed E-state index contributed by atoms with van der Waals surface area (Å²) in [6.07, 6.45) is 2.20. The highest BCUT2D eigenvalue weighted by atomic mass is 32.2. The van der Waals surface area contributed by atoms with Gasteiger partial charge in [-0.3, -0.25) is 4.79 Å². The van der Waals surface area contributed by atoms with E-state index in [9.17, 15) is 22.4 Å². The van der Waals surface area contributed by atoms with E-state index in [1.165, 1.54) is 55.3 Å². The van der Waals surface area contributed by atoms with E-state index in [0.717, 1.165) is 4.31 Å². The first-order valence-corrected chi connectivity index (χ1v) is 10.0. The number of benzene rings is 1. The summed E-state index contributed by atoms with van der Waals surface area (Å²) in [6, 6.07) is 5.56. The predicted molar refractivity (Wildman–Crippen MR) is 98.7 cm³/mol. The van der Waals surface area contributed by atoms with Crippen LogP contribution in [0.25, 0.3) is 0 Å². The summed E-state index contributed by atoms with van der Waals surface area (Å²) in [4.78, 5) is 24.3. The third kappa shape index (κ3) is 3.78. The van der Waals surface area contributed by atoms with Crippen molar-refractivity contribution in [1.29, 1.82) is 0 Å². The molecule has 2 heterocycles. The fourth-order valence-electron chi connectivity index (χ4n) is 3.17. The molecule has 1 fully saturated rings. The zero-order chi connectivity index (χ0) is 20.5. The number of hydrogen-bond donors (Lipinski definition) is 1. The minimum Gasteiger partial charge on any atom is -0.464 e. The van der Waals surface area contributed by atoms with Crippen molar-refractivity contribution < 1.29 is 27.1 Å². The average molecular weight is 409 g/mol. The number of amides is 1. The van der Waals surface area contributed by atoms with Crippen LogP contribution in [0.1, 0.15) is 23.3 Å². The first-order valence-electron chi connectivity index (χ1n) is 8.57. The Morgan fingerprint density at radius 1 is 1.25 bits per heavy atom. The number of rotatable bonds is 5. The van der Waals surface area contributed by atoms with E-state index in [1.54, 1.807) is 0 Å². The Balaban J connectivity index is 1.84. The first kappa shape index (κ1) is 20.0. The molecule has 1 atom stereocenters. The molecule has 1 aliphatic heterocycles. The lowest BCUT2D eigenvalue weighted by Crippen LogP contribution is -2.43. The Bertz CT molecular complexity index is 1000. The molecule has 3 rings (SSSR count). The molecule has 1 aromatic heterocycles. The summed E-state index contributed by atoms with van der Waals surface area (Å²) >= 11 is 0. The lowest BCUT2D eigenvalue weighted by Gasteiger charge is -2.22. The fraction of sp³-hybridized carbons (Fsp3) is 0.333. The van der Waals surface area contributed by atoms with E-state index in [2.05, 4.69) is 10.1 Å². The minimum atomic E-state index is -3.99. The van der Waals surface area contributed by atoms with Crippen LogP contribution in [0.4, 0.5) is 10.1 Å². The smallest absolute Gasteiger partial charge is 0.354 e. The van der Waals surface area contributed by atoms with Crippen LogP contribution >= 0.6 is 0 Å². The van der Waals surface area contributed by atoms with Gasteiger partial charge in [0.15, 0.2) is 0 Å². The lowest BCUT2D eigenvalue weighted by molar-refractivity contribution is -0.119. The minimum absolute atomic E-state index is 0.0862. The molecule has 1 N–H and O–H groups in total. The number of aryl methyl sites for hydroxylation is 1. The number of carbonyl (C=O) groups excluding carboxylic acids is 2. The lowest BCUT2D eigenvalue weighted by atomic mass is 10.2. The Morgan fingerprint density at radius 2 is 1.93 bits per heavy atom. The van der Waals surface area contributed by atoms with E-state index in [1.807, 2.05) is 0 Å². The second-order valence-electron chi connectivity index (χ2n) is 6.43. The van der Waals surface area contributed by atoms with Gasteiger partial charge in [-0.05, 0) is 43.2 Å². The first-order chi connectivity index (χ1) is 13.2. The van der Waals surface area contributed by atoms with Crippen LogP contribution in [-0.4, -0.2) is 48.9 Å². The molecular weight excluding hydrogens is 389 g/mol. The van der Waals surface area contributed by atoms with Crippen LogP contribution in [0.5, 0.6) is 0 Å². The number of ether oxygens (including phenoxy) is 1. The summed E-state index contributed by atoms with van der Waals surface area (Å²) in [5.41, 5.74) is 0.468. The molecule has 0 saturated carbocycles. The van der Waals surface area contributed by atoms with Gasteiger partial charge in [-0.15, -0.1) is 0 Å². The Labute approximate surface area is 161 Å². The standard InChI is InChI=1S/C18H20FN3O5S/c1-21-11-14(10-16(21)18(24)27-2)28(25,26)22-9-3-4-15(22)17(23)20-13-7-5-12(19)6-8-13/h5-8,10-11,15H,3-4,9H2,1-2H3,(H,20,23)/t15-/m0/s1. The van der Waals surface area contributed by atoms with E-state index in [0.29, 0.717) is 18.5 Å². The quantitative estimate of drug-likeness (QED) is 0.759. The van der Waals surface area contributed by atoms with E-state index in [4.69, 9.17) is 0 Å². The zero-order valence-corrected chi connectivity index (χ0v) is 16.2. The highest BCUT2D eigenvalue weighted by Crippen LogP contribution is 2.28. The average Bonchev–Trinajstić information content (AvgIpc) is 3.30. The molecule has 8 nitrogen and oxygen atoms in total. The van der Waals surface area contributed by atoms with Crippen LogP contribution in [0, 0.1) is 5.82 Å². The summed E-state index contributed by atoms with van der Waals surface area (Å²) in [5.74, 6) is -1.58. The maximum Gasteiger partial charge on any atom is 0.354 e. The number of carbonyl (C=O) groups is 2. The molecule has 10 heteroatoms. The number of nitrogens with zero attached hydrogens (tertiary/aromatic N) is 2. The maximum atomic E-state index is 13.1. The van der Waals surface area contributed by atoms with Gasteiger partial charge in [0.2, 0.25) is 15.9 Å². The molecule has 0 radical (unpaired) electrons. The van der Waals surface area contributed by atoms with Crippen LogP contribution < -0.4 is 5.32 Å². The molecule has 1 saturated heterocycles. The molecule has 0 aliphatic carbocycles. The monoisotopic (exact) mass is 409 g/mol. The molecule has 1 aliphatic rings. The Kier molecular flexibility index (Phi) is 5.52. The number of esters is 1. The number of methoxy groups -OCH3 is 1. The van der Waals surface area contributed by atoms with Gasteiger partial charge >= 0.3 is 5.97 Å². The summed E-state index contributed by atoms with van der Waals surface area (Å²) < 4.78 is 46.3. The van der Waals surface area contributed by atoms with Crippen molar-refractivity contribution in [3.8, 4) is 0 Å². The summed E-state index contributed by atoms with van der Waals surface area (Å²) in [7, 11) is -1.25. The predicted octanol–water partition coefficient (Wildman–Crippen LogP) is 1.74. The van der Waals surface area contributed by atoms with Crippen molar-refractivity contribution in [2.75, 3.05) is 19.0 Å². The van der Waals surface area contributed by atoms with Crippen molar-refractivity contribution in [2.24, 2.45) is 7.05 Å². The Hall–Kier alpha value is -2.72. The topological polar surface area (TPSA) is 97.7 Å². The van der Waals surface area contributed by atoms with Crippen LogP contribution in [0.3, 0.4) is 0 Å². The highest BCUT2D eigenvalue weighted by molar-refractivity contribution is 7.89. The summed E-state index contributed by atoms with van der Waals surface area (Å²) in [5, 5.41) is 2.62. The van der Waals surface area contributed by atoms with Gasteiger partial charge < -0.3 is 14.6 Å². The molecule has 0 spiro atoms. The van der Waals surface area contributed by atoms with Crippen molar-refractivity contribution in [3.63, 3.8) is 0 Å². The molecular formula is C18H20FN3O5S. The van der Waals surface area contributed by atoms with Gasteiger partial charge in [-0.25, -0.2) is 17.6 Å². The number of hydrogen-bond acceptors (Lipinski definition) is 5. The van der Waals surface area contributed by atoms with Crippen molar-refractivity contribution in [1.82, 2.24) is 8.87 Å². The van der Waals surface area contributed by atoms with Crippen molar-refractivity contribution >= 4 is 27.6 Å². The van der Waals surface area contributed by atoms with Crippen LogP contribution in [0.15, 0.2) is 41.4 Å². The van der Waals surface area contributed by atoms with Crippen LogP contribution in [0.2, 0.25) is 0 Å². The molecule has 150 valence electrons. The largest absolute Gasteiger partial charge is 0.464 e. The van der Waals surface area contributed by atoms with Crippen LogP contribution in [-0.2, 0) is 26.6 Å².